The van der Waals surface area contributed by atoms with Crippen LogP contribution in [0.25, 0.3) is 0 Å². The summed E-state index contributed by atoms with van der Waals surface area (Å²) in [5.41, 5.74) is -0.216. The van der Waals surface area contributed by atoms with Crippen LogP contribution in [0, 0.1) is 12.8 Å². The Morgan fingerprint density at radius 3 is 2.84 bits per heavy atom. The van der Waals surface area contributed by atoms with E-state index >= 15 is 0 Å². The predicted molar refractivity (Wildman–Crippen MR) is 96.2 cm³/mol. The van der Waals surface area contributed by atoms with Gasteiger partial charge in [0.2, 0.25) is 5.91 Å². The number of amides is 1. The molecule has 9 heteroatoms. The highest BCUT2D eigenvalue weighted by Gasteiger charge is 2.34. The number of thiophene rings is 1. The average Bonchev–Trinajstić information content (AvgIpc) is 3.04. The lowest BCUT2D eigenvalue weighted by Crippen LogP contribution is -2.43. The summed E-state index contributed by atoms with van der Waals surface area (Å²) in [5, 5.41) is 2.59. The van der Waals surface area contributed by atoms with Crippen molar-refractivity contribution in [2.45, 2.75) is 24.0 Å². The number of H-pyrrole nitrogens is 1. The lowest BCUT2D eigenvalue weighted by Gasteiger charge is -2.30. The van der Waals surface area contributed by atoms with Crippen LogP contribution in [0.2, 0.25) is 0 Å². The second-order valence-corrected chi connectivity index (χ2v) is 9.42. The zero-order valence-corrected chi connectivity index (χ0v) is 15.3. The molecule has 1 aliphatic heterocycles. The molecule has 1 fully saturated rings. The Balaban J connectivity index is 1.74. The van der Waals surface area contributed by atoms with Crippen LogP contribution in [0.1, 0.15) is 17.7 Å². The van der Waals surface area contributed by atoms with Gasteiger partial charge in [-0.3, -0.25) is 9.59 Å². The molecule has 1 atom stereocenters. The molecule has 0 unspecified atom stereocenters. The molecular weight excluding hydrogens is 362 g/mol. The molecule has 0 saturated carbocycles. The molecule has 25 heavy (non-hydrogen) atoms. The van der Waals surface area contributed by atoms with E-state index in [9.17, 15) is 18.0 Å². The van der Waals surface area contributed by atoms with Gasteiger partial charge in [-0.1, -0.05) is 0 Å². The number of aromatic amines is 1. The molecule has 3 rings (SSSR count). The maximum absolute atomic E-state index is 12.7. The molecule has 1 saturated heterocycles. The fourth-order valence-electron chi connectivity index (χ4n) is 2.81. The second kappa shape index (κ2) is 7.11. The average molecular weight is 381 g/mol. The fraction of sp³-hybridized carbons (Fsp3) is 0.375. The van der Waals surface area contributed by atoms with Crippen LogP contribution in [-0.2, 0) is 14.8 Å². The fourth-order valence-corrected chi connectivity index (χ4v) is 5.77. The first-order chi connectivity index (χ1) is 11.9. The van der Waals surface area contributed by atoms with Crippen molar-refractivity contribution in [3.63, 3.8) is 0 Å². The predicted octanol–water partition coefficient (Wildman–Crippen LogP) is 1.78. The van der Waals surface area contributed by atoms with Crippen molar-refractivity contribution < 1.29 is 13.2 Å². The molecule has 0 aliphatic carbocycles. The van der Waals surface area contributed by atoms with Gasteiger partial charge in [-0.05, 0) is 44.0 Å². The summed E-state index contributed by atoms with van der Waals surface area (Å²) in [6.45, 7) is 2.37. The van der Waals surface area contributed by atoms with Crippen LogP contribution >= 0.6 is 11.3 Å². The van der Waals surface area contributed by atoms with E-state index < -0.39 is 15.9 Å². The van der Waals surface area contributed by atoms with Crippen molar-refractivity contribution in [2.75, 3.05) is 18.4 Å². The Hall–Kier alpha value is -1.97. The van der Waals surface area contributed by atoms with Crippen molar-refractivity contribution in [1.82, 2.24) is 9.29 Å². The van der Waals surface area contributed by atoms with Crippen molar-refractivity contribution in [3.05, 3.63) is 45.7 Å². The zero-order valence-electron chi connectivity index (χ0n) is 13.7. The molecular formula is C16H19N3O4S2. The molecule has 0 bridgehead atoms. The Morgan fingerprint density at radius 2 is 2.16 bits per heavy atom. The number of carbonyl (C=O) groups excluding carboxylic acids is 1. The molecule has 1 amide bonds. The molecule has 2 aromatic rings. The van der Waals surface area contributed by atoms with Crippen LogP contribution in [0.5, 0.6) is 0 Å². The van der Waals surface area contributed by atoms with E-state index in [1.165, 1.54) is 27.9 Å². The van der Waals surface area contributed by atoms with Crippen molar-refractivity contribution in [1.29, 1.82) is 0 Å². The van der Waals surface area contributed by atoms with Gasteiger partial charge in [0.05, 0.1) is 5.92 Å². The summed E-state index contributed by atoms with van der Waals surface area (Å²) < 4.78 is 27.1. The van der Waals surface area contributed by atoms with Gasteiger partial charge < -0.3 is 10.3 Å². The standard InChI is InChI=1S/C16H19N3O4S2/c1-11-6-7-14(24-11)25(22,23)19-9-3-4-12(10-19)15(20)18-13-5-2-8-17-16(13)21/h2,5-8,12H,3-4,9-10H2,1H3,(H,17,21)(H,18,20)/t12-/m1/s1. The maximum Gasteiger partial charge on any atom is 0.271 e. The van der Waals surface area contributed by atoms with Gasteiger partial charge in [-0.15, -0.1) is 11.3 Å². The Labute approximate surface area is 149 Å². The summed E-state index contributed by atoms with van der Waals surface area (Å²) in [7, 11) is -3.58. The second-order valence-electron chi connectivity index (χ2n) is 5.97. The largest absolute Gasteiger partial charge is 0.327 e. The summed E-state index contributed by atoms with van der Waals surface area (Å²) in [6.07, 6.45) is 2.68. The first-order valence-corrected chi connectivity index (χ1v) is 10.2. The molecule has 0 spiro atoms. The van der Waals surface area contributed by atoms with Gasteiger partial charge in [0.25, 0.3) is 15.6 Å². The van der Waals surface area contributed by atoms with Gasteiger partial charge in [0.15, 0.2) is 0 Å². The number of anilines is 1. The Kier molecular flexibility index (Phi) is 5.07. The molecule has 0 aromatic carbocycles. The zero-order chi connectivity index (χ0) is 18.0. The van der Waals surface area contributed by atoms with Crippen LogP contribution in [0.3, 0.4) is 0 Å². The van der Waals surface area contributed by atoms with Crippen molar-refractivity contribution in [3.8, 4) is 0 Å². The van der Waals surface area contributed by atoms with E-state index in [1.807, 2.05) is 6.92 Å². The van der Waals surface area contributed by atoms with E-state index in [1.54, 1.807) is 18.2 Å². The third-order valence-electron chi connectivity index (χ3n) is 4.14. The number of pyridine rings is 1. The normalized spacial score (nSPS) is 18.8. The smallest absolute Gasteiger partial charge is 0.271 e. The first-order valence-electron chi connectivity index (χ1n) is 7.93. The number of aromatic nitrogens is 1. The number of sulfonamides is 1. The lowest BCUT2D eigenvalue weighted by atomic mass is 9.99. The molecule has 2 aromatic heterocycles. The third-order valence-corrected chi connectivity index (χ3v) is 7.47. The number of hydrogen-bond acceptors (Lipinski definition) is 5. The number of carbonyl (C=O) groups is 1. The van der Waals surface area contributed by atoms with Crippen LogP contribution in [-0.4, -0.2) is 36.7 Å². The quantitative estimate of drug-likeness (QED) is 0.843. The minimum atomic E-state index is -3.58. The molecule has 134 valence electrons. The number of piperidine rings is 1. The lowest BCUT2D eigenvalue weighted by molar-refractivity contribution is -0.120. The van der Waals surface area contributed by atoms with Gasteiger partial charge in [0, 0.05) is 24.2 Å². The molecule has 3 heterocycles. The van der Waals surface area contributed by atoms with Gasteiger partial charge >= 0.3 is 0 Å². The molecule has 7 nitrogen and oxygen atoms in total. The number of aryl methyl sites for hydroxylation is 1. The number of rotatable bonds is 4. The van der Waals surface area contributed by atoms with E-state index in [0.717, 1.165) is 4.88 Å². The minimum absolute atomic E-state index is 0.121. The first kappa shape index (κ1) is 17.8. The van der Waals surface area contributed by atoms with Crippen LogP contribution < -0.4 is 10.9 Å². The third kappa shape index (κ3) is 3.83. The molecule has 2 N–H and O–H groups in total. The summed E-state index contributed by atoms with van der Waals surface area (Å²) >= 11 is 1.23. The van der Waals surface area contributed by atoms with Crippen LogP contribution in [0.15, 0.2) is 39.5 Å². The highest BCUT2D eigenvalue weighted by atomic mass is 32.2. The molecule has 1 aliphatic rings. The summed E-state index contributed by atoms with van der Waals surface area (Å²) in [4.78, 5) is 27.5. The van der Waals surface area contributed by atoms with Gasteiger partial charge in [-0.25, -0.2) is 8.42 Å². The molecule has 0 radical (unpaired) electrons. The highest BCUT2D eigenvalue weighted by molar-refractivity contribution is 7.91. The maximum atomic E-state index is 12.7. The summed E-state index contributed by atoms with van der Waals surface area (Å²) in [5.74, 6) is -0.817. The van der Waals surface area contributed by atoms with Crippen molar-refractivity contribution >= 4 is 33.0 Å². The summed E-state index contributed by atoms with van der Waals surface area (Å²) in [6, 6.07) is 6.51. The van der Waals surface area contributed by atoms with Crippen molar-refractivity contribution in [2.24, 2.45) is 5.92 Å². The van der Waals surface area contributed by atoms with E-state index in [2.05, 4.69) is 10.3 Å². The minimum Gasteiger partial charge on any atom is -0.327 e. The SMILES string of the molecule is Cc1ccc(S(=O)(=O)N2CCC[C@@H](C(=O)Nc3ccc[nH]c3=O)C2)s1. The Bertz CT molecular complexity index is 933. The van der Waals surface area contributed by atoms with Gasteiger partial charge in [0.1, 0.15) is 9.90 Å². The monoisotopic (exact) mass is 381 g/mol. The van der Waals surface area contributed by atoms with Gasteiger partial charge in [-0.2, -0.15) is 4.31 Å². The van der Waals surface area contributed by atoms with Crippen LogP contribution in [0.4, 0.5) is 5.69 Å². The number of nitrogens with zero attached hydrogens (tertiary/aromatic N) is 1. The van der Waals surface area contributed by atoms with E-state index in [0.29, 0.717) is 23.6 Å². The van der Waals surface area contributed by atoms with E-state index in [4.69, 9.17) is 0 Å². The van der Waals surface area contributed by atoms with E-state index in [-0.39, 0.29) is 23.7 Å². The number of nitrogens with one attached hydrogen (secondary N) is 2. The topological polar surface area (TPSA) is 99.3 Å². The Morgan fingerprint density at radius 1 is 1.36 bits per heavy atom. The highest BCUT2D eigenvalue weighted by Crippen LogP contribution is 2.28. The number of hydrogen-bond donors (Lipinski definition) is 2.